The highest BCUT2D eigenvalue weighted by Crippen LogP contribution is 2.38. The predicted molar refractivity (Wildman–Crippen MR) is 94.1 cm³/mol. The molecule has 1 spiro atoms. The Kier molecular flexibility index (Phi) is 6.61. The Labute approximate surface area is 154 Å². The lowest BCUT2D eigenvalue weighted by Gasteiger charge is -2.36. The molecule has 0 aromatic carbocycles. The highest BCUT2D eigenvalue weighted by atomic mass is 16.5. The molecular weight excluding hydrogens is 338 g/mol. The topological polar surface area (TPSA) is 105 Å². The second-order valence-corrected chi connectivity index (χ2v) is 7.36. The molecule has 0 unspecified atom stereocenters. The molecule has 0 aromatic heterocycles. The van der Waals surface area contributed by atoms with E-state index in [1.807, 2.05) is 20.8 Å². The summed E-state index contributed by atoms with van der Waals surface area (Å²) >= 11 is 0. The van der Waals surface area contributed by atoms with E-state index in [0.717, 1.165) is 37.0 Å². The van der Waals surface area contributed by atoms with Gasteiger partial charge in [-0.3, -0.25) is 19.3 Å². The van der Waals surface area contributed by atoms with Gasteiger partial charge in [0, 0.05) is 6.04 Å². The van der Waals surface area contributed by atoms with Crippen LogP contribution in [0.3, 0.4) is 0 Å². The van der Waals surface area contributed by atoms with Crippen LogP contribution in [0.5, 0.6) is 0 Å². The van der Waals surface area contributed by atoms with Gasteiger partial charge in [0.25, 0.3) is 11.8 Å². The van der Waals surface area contributed by atoms with Gasteiger partial charge < -0.3 is 15.4 Å². The molecule has 2 N–H and O–H groups in total. The van der Waals surface area contributed by atoms with Crippen LogP contribution in [0.2, 0.25) is 0 Å². The molecule has 8 nitrogen and oxygen atoms in total. The summed E-state index contributed by atoms with van der Waals surface area (Å²) < 4.78 is 4.92. The van der Waals surface area contributed by atoms with Gasteiger partial charge in [-0.2, -0.15) is 0 Å². The molecule has 0 aromatic rings. The maximum atomic E-state index is 12.7. The molecule has 1 heterocycles. The van der Waals surface area contributed by atoms with Crippen molar-refractivity contribution in [3.8, 4) is 0 Å². The number of esters is 1. The summed E-state index contributed by atoms with van der Waals surface area (Å²) in [5, 5.41) is 5.50. The molecule has 1 aliphatic heterocycles. The first-order valence-corrected chi connectivity index (χ1v) is 9.39. The number of amides is 4. The Morgan fingerprint density at radius 1 is 1.38 bits per heavy atom. The Morgan fingerprint density at radius 2 is 2.12 bits per heavy atom. The first-order valence-electron chi connectivity index (χ1n) is 9.39. The summed E-state index contributed by atoms with van der Waals surface area (Å²) in [4.78, 5) is 49.6. The molecule has 8 heteroatoms. The minimum absolute atomic E-state index is 0.00443. The molecule has 2 fully saturated rings. The van der Waals surface area contributed by atoms with E-state index in [9.17, 15) is 19.2 Å². The zero-order valence-corrected chi connectivity index (χ0v) is 15.8. The number of urea groups is 1. The largest absolute Gasteiger partial charge is 0.454 e. The maximum Gasteiger partial charge on any atom is 0.326 e. The minimum atomic E-state index is -0.900. The van der Waals surface area contributed by atoms with Gasteiger partial charge in [-0.15, -0.1) is 0 Å². The van der Waals surface area contributed by atoms with E-state index in [2.05, 4.69) is 10.6 Å². The molecule has 3 atom stereocenters. The Hall–Kier alpha value is -2.12. The van der Waals surface area contributed by atoms with E-state index in [1.165, 1.54) is 0 Å². The van der Waals surface area contributed by atoms with Crippen molar-refractivity contribution in [1.82, 2.24) is 15.5 Å². The van der Waals surface area contributed by atoms with Gasteiger partial charge in [0.15, 0.2) is 6.61 Å². The van der Waals surface area contributed by atoms with Crippen molar-refractivity contribution in [1.29, 1.82) is 0 Å². The monoisotopic (exact) mass is 367 g/mol. The van der Waals surface area contributed by atoms with Gasteiger partial charge in [-0.25, -0.2) is 4.79 Å². The number of hydrogen-bond donors (Lipinski definition) is 2. The molecule has 2 rings (SSSR count). The summed E-state index contributed by atoms with van der Waals surface area (Å²) in [5.41, 5.74) is -0.900. The third-order valence-corrected chi connectivity index (χ3v) is 5.28. The summed E-state index contributed by atoms with van der Waals surface area (Å²) in [6, 6.07) is -0.563. The molecule has 4 amide bonds. The van der Waals surface area contributed by atoms with Crippen molar-refractivity contribution < 1.29 is 23.9 Å². The molecule has 0 bridgehead atoms. The van der Waals surface area contributed by atoms with Gasteiger partial charge in [-0.05, 0) is 32.1 Å². The minimum Gasteiger partial charge on any atom is -0.454 e. The standard InChI is InChI=1S/C18H29N3O5/c1-4-7-13(3)19-14(22)11-26-15(23)10-21-16(24)18(20-17(21)25)9-6-5-8-12(18)2/h12-13H,4-11H2,1-3H3,(H,19,22)(H,20,25)/t12-,13-,18+/m0/s1. The number of imide groups is 1. The Bertz CT molecular complexity index is 579. The molecule has 1 aliphatic carbocycles. The average molecular weight is 367 g/mol. The zero-order valence-electron chi connectivity index (χ0n) is 15.8. The summed E-state index contributed by atoms with van der Waals surface area (Å²) in [6.07, 6.45) is 5.11. The third-order valence-electron chi connectivity index (χ3n) is 5.28. The van der Waals surface area contributed by atoms with Crippen LogP contribution >= 0.6 is 0 Å². The van der Waals surface area contributed by atoms with Crippen LogP contribution in [0.15, 0.2) is 0 Å². The van der Waals surface area contributed by atoms with Crippen LogP contribution in [-0.2, 0) is 19.1 Å². The van der Waals surface area contributed by atoms with Crippen LogP contribution in [0.1, 0.15) is 59.3 Å². The molecule has 1 saturated carbocycles. The lowest BCUT2D eigenvalue weighted by atomic mass is 9.73. The fourth-order valence-electron chi connectivity index (χ4n) is 3.78. The highest BCUT2D eigenvalue weighted by molar-refractivity contribution is 6.09. The van der Waals surface area contributed by atoms with Gasteiger partial charge >= 0.3 is 12.0 Å². The quantitative estimate of drug-likeness (QED) is 0.522. The van der Waals surface area contributed by atoms with Crippen molar-refractivity contribution >= 4 is 23.8 Å². The normalized spacial score (nSPS) is 26.6. The smallest absolute Gasteiger partial charge is 0.326 e. The molecule has 1 saturated heterocycles. The average Bonchev–Trinajstić information content (AvgIpc) is 2.81. The number of ether oxygens (including phenoxy) is 1. The number of hydrogen-bond acceptors (Lipinski definition) is 5. The van der Waals surface area contributed by atoms with Crippen LogP contribution in [-0.4, -0.2) is 53.4 Å². The van der Waals surface area contributed by atoms with Crippen molar-refractivity contribution in [2.45, 2.75) is 70.9 Å². The first-order chi connectivity index (χ1) is 12.3. The SMILES string of the molecule is CCC[C@H](C)NC(=O)COC(=O)CN1C(=O)N[C@@]2(CCCC[C@@H]2C)C1=O. The van der Waals surface area contributed by atoms with E-state index in [1.54, 1.807) is 0 Å². The Balaban J connectivity index is 1.86. The lowest BCUT2D eigenvalue weighted by molar-refractivity contribution is -0.151. The molecule has 0 radical (unpaired) electrons. The first kappa shape index (κ1) is 20.2. The van der Waals surface area contributed by atoms with Gasteiger partial charge in [0.1, 0.15) is 12.1 Å². The van der Waals surface area contributed by atoms with Gasteiger partial charge in [0.05, 0.1) is 0 Å². The second-order valence-electron chi connectivity index (χ2n) is 7.36. The fraction of sp³-hybridized carbons (Fsp3) is 0.778. The number of nitrogens with one attached hydrogen (secondary N) is 2. The summed E-state index contributed by atoms with van der Waals surface area (Å²) in [6.45, 7) is 4.94. The Morgan fingerprint density at radius 3 is 2.77 bits per heavy atom. The molecule has 26 heavy (non-hydrogen) atoms. The zero-order chi connectivity index (χ0) is 19.3. The van der Waals surface area contributed by atoms with Crippen molar-refractivity contribution in [3.05, 3.63) is 0 Å². The summed E-state index contributed by atoms with van der Waals surface area (Å²) in [7, 11) is 0. The molecular formula is C18H29N3O5. The van der Waals surface area contributed by atoms with Crippen molar-refractivity contribution in [2.24, 2.45) is 5.92 Å². The van der Waals surface area contributed by atoms with E-state index in [-0.39, 0.29) is 17.9 Å². The van der Waals surface area contributed by atoms with E-state index >= 15 is 0 Å². The van der Waals surface area contributed by atoms with Gasteiger partial charge in [0.2, 0.25) is 0 Å². The highest BCUT2D eigenvalue weighted by Gasteiger charge is 2.55. The molecule has 2 aliphatic rings. The van der Waals surface area contributed by atoms with E-state index in [4.69, 9.17) is 4.74 Å². The number of nitrogens with zero attached hydrogens (tertiary/aromatic N) is 1. The second kappa shape index (κ2) is 8.51. The number of rotatable bonds is 7. The van der Waals surface area contributed by atoms with Gasteiger partial charge in [-0.1, -0.05) is 33.1 Å². The third kappa shape index (κ3) is 4.34. The number of carbonyl (C=O) groups is 4. The fourth-order valence-corrected chi connectivity index (χ4v) is 3.78. The van der Waals surface area contributed by atoms with Crippen molar-refractivity contribution in [3.63, 3.8) is 0 Å². The molecule has 146 valence electrons. The maximum absolute atomic E-state index is 12.7. The number of carbonyl (C=O) groups excluding carboxylic acids is 4. The van der Waals surface area contributed by atoms with Crippen LogP contribution in [0.25, 0.3) is 0 Å². The predicted octanol–water partition coefficient (Wildman–Crippen LogP) is 1.34. The van der Waals surface area contributed by atoms with Crippen molar-refractivity contribution in [2.75, 3.05) is 13.2 Å². The summed E-state index contributed by atoms with van der Waals surface area (Å²) in [5.74, 6) is -1.51. The lowest BCUT2D eigenvalue weighted by Crippen LogP contribution is -2.54. The van der Waals surface area contributed by atoms with Crippen LogP contribution in [0.4, 0.5) is 4.79 Å². The van der Waals surface area contributed by atoms with E-state index in [0.29, 0.717) is 6.42 Å². The van der Waals surface area contributed by atoms with Crippen LogP contribution < -0.4 is 10.6 Å². The van der Waals surface area contributed by atoms with Crippen LogP contribution in [0, 0.1) is 5.92 Å². The van der Waals surface area contributed by atoms with E-state index < -0.39 is 36.6 Å².